The van der Waals surface area contributed by atoms with Crippen LogP contribution in [0.1, 0.15) is 23.7 Å². The first-order valence-electron chi connectivity index (χ1n) is 4.20. The Balaban J connectivity index is 2.83. The van der Waals surface area contributed by atoms with E-state index in [0.29, 0.717) is 12.0 Å². The number of hydrogen-bond acceptors (Lipinski definition) is 2. The zero-order valence-corrected chi connectivity index (χ0v) is 9.04. The Morgan fingerprint density at radius 1 is 1.46 bits per heavy atom. The number of rotatable bonds is 3. The third kappa shape index (κ3) is 2.64. The smallest absolute Gasteiger partial charge is 0.179 e. The van der Waals surface area contributed by atoms with Crippen molar-refractivity contribution in [3.8, 4) is 0 Å². The highest BCUT2D eigenvalue weighted by Gasteiger charge is 2.12. The van der Waals surface area contributed by atoms with Gasteiger partial charge < -0.3 is 5.73 Å². The lowest BCUT2D eigenvalue weighted by molar-refractivity contribution is 0.0959. The molecule has 0 bridgehead atoms. The zero-order valence-electron chi connectivity index (χ0n) is 7.46. The van der Waals surface area contributed by atoms with Crippen LogP contribution < -0.4 is 5.73 Å². The van der Waals surface area contributed by atoms with Crippen molar-refractivity contribution >= 4 is 21.7 Å². The molecule has 0 radical (unpaired) electrons. The number of benzene rings is 1. The van der Waals surface area contributed by atoms with Gasteiger partial charge in [0, 0.05) is 10.0 Å². The van der Waals surface area contributed by atoms with Crippen LogP contribution in [0.4, 0.5) is 0 Å². The Kier molecular flexibility index (Phi) is 3.63. The number of nitrogens with two attached hydrogens (primary N) is 1. The molecular weight excluding hydrogens is 230 g/mol. The van der Waals surface area contributed by atoms with Crippen molar-refractivity contribution in [2.24, 2.45) is 5.73 Å². The van der Waals surface area contributed by atoms with E-state index in [1.165, 1.54) is 0 Å². The molecule has 0 aliphatic heterocycles. The molecule has 3 heteroatoms. The summed E-state index contributed by atoms with van der Waals surface area (Å²) in [6, 6.07) is 6.87. The van der Waals surface area contributed by atoms with Crippen LogP contribution in [-0.4, -0.2) is 11.8 Å². The van der Waals surface area contributed by atoms with Gasteiger partial charge in [0.1, 0.15) is 0 Å². The molecule has 1 aromatic carbocycles. The van der Waals surface area contributed by atoms with Crippen molar-refractivity contribution < 1.29 is 4.79 Å². The number of hydrogen-bond donors (Lipinski definition) is 1. The Bertz CT molecular complexity index is 294. The number of Topliss-reactive ketones (excluding diaryl/α,β-unsaturated/α-hetero) is 1. The van der Waals surface area contributed by atoms with Gasteiger partial charge in [-0.05, 0) is 18.6 Å². The van der Waals surface area contributed by atoms with E-state index in [0.717, 1.165) is 4.47 Å². The van der Waals surface area contributed by atoms with E-state index in [1.54, 1.807) is 12.1 Å². The van der Waals surface area contributed by atoms with Gasteiger partial charge in [0.2, 0.25) is 0 Å². The van der Waals surface area contributed by atoms with Crippen LogP contribution in [0, 0.1) is 0 Å². The van der Waals surface area contributed by atoms with E-state index in [-0.39, 0.29) is 11.8 Å². The van der Waals surface area contributed by atoms with Crippen molar-refractivity contribution in [2.45, 2.75) is 19.4 Å². The molecule has 1 aromatic rings. The Hall–Kier alpha value is -0.670. The molecule has 0 spiro atoms. The van der Waals surface area contributed by atoms with E-state index < -0.39 is 0 Å². The van der Waals surface area contributed by atoms with Crippen LogP contribution in [0.2, 0.25) is 0 Å². The molecule has 13 heavy (non-hydrogen) atoms. The lowest BCUT2D eigenvalue weighted by Crippen LogP contribution is -2.29. The van der Waals surface area contributed by atoms with Gasteiger partial charge in [-0.2, -0.15) is 0 Å². The maximum Gasteiger partial charge on any atom is 0.179 e. The number of carbonyl (C=O) groups is 1. The van der Waals surface area contributed by atoms with Gasteiger partial charge in [0.05, 0.1) is 6.04 Å². The molecule has 70 valence electrons. The molecule has 0 fully saturated rings. The minimum absolute atomic E-state index is 0.00926. The first-order chi connectivity index (χ1) is 6.15. The Morgan fingerprint density at radius 3 is 2.46 bits per heavy atom. The minimum atomic E-state index is -0.374. The average molecular weight is 242 g/mol. The molecule has 0 unspecified atom stereocenters. The van der Waals surface area contributed by atoms with Crippen LogP contribution >= 0.6 is 15.9 Å². The fraction of sp³-hybridized carbons (Fsp3) is 0.300. The van der Waals surface area contributed by atoms with Crippen molar-refractivity contribution in [1.82, 2.24) is 0 Å². The van der Waals surface area contributed by atoms with Crippen molar-refractivity contribution in [2.75, 3.05) is 0 Å². The molecule has 2 nitrogen and oxygen atoms in total. The summed E-state index contributed by atoms with van der Waals surface area (Å²) >= 11 is 3.31. The third-order valence-corrected chi connectivity index (χ3v) is 2.43. The molecule has 0 aliphatic rings. The number of ketones is 1. The first-order valence-corrected chi connectivity index (χ1v) is 4.99. The van der Waals surface area contributed by atoms with Crippen LogP contribution in [0.15, 0.2) is 28.7 Å². The zero-order chi connectivity index (χ0) is 9.84. The molecule has 0 aliphatic carbocycles. The van der Waals surface area contributed by atoms with Gasteiger partial charge in [-0.15, -0.1) is 0 Å². The van der Waals surface area contributed by atoms with Crippen LogP contribution in [0.3, 0.4) is 0 Å². The van der Waals surface area contributed by atoms with Gasteiger partial charge in [0.15, 0.2) is 5.78 Å². The van der Waals surface area contributed by atoms with Crippen LogP contribution in [-0.2, 0) is 0 Å². The molecule has 0 amide bonds. The van der Waals surface area contributed by atoms with Gasteiger partial charge in [-0.3, -0.25) is 4.79 Å². The molecule has 1 rings (SSSR count). The van der Waals surface area contributed by atoms with E-state index in [4.69, 9.17) is 5.73 Å². The topological polar surface area (TPSA) is 43.1 Å². The third-order valence-electron chi connectivity index (χ3n) is 1.91. The molecule has 0 saturated carbocycles. The minimum Gasteiger partial charge on any atom is -0.321 e. The van der Waals surface area contributed by atoms with E-state index in [1.807, 2.05) is 19.1 Å². The molecule has 0 aromatic heterocycles. The second-order valence-corrected chi connectivity index (χ2v) is 3.80. The van der Waals surface area contributed by atoms with Gasteiger partial charge in [-0.25, -0.2) is 0 Å². The fourth-order valence-electron chi connectivity index (χ4n) is 1.01. The van der Waals surface area contributed by atoms with Gasteiger partial charge >= 0.3 is 0 Å². The van der Waals surface area contributed by atoms with Crippen molar-refractivity contribution in [3.63, 3.8) is 0 Å². The second-order valence-electron chi connectivity index (χ2n) is 2.89. The quantitative estimate of drug-likeness (QED) is 0.827. The summed E-state index contributed by atoms with van der Waals surface area (Å²) in [4.78, 5) is 11.5. The maximum absolute atomic E-state index is 11.5. The van der Waals surface area contributed by atoms with Crippen molar-refractivity contribution in [3.05, 3.63) is 34.3 Å². The van der Waals surface area contributed by atoms with E-state index in [2.05, 4.69) is 15.9 Å². The normalized spacial score (nSPS) is 12.5. The standard InChI is InChI=1S/C10H12BrNO/c1-2-9(12)10(13)7-3-5-8(11)6-4-7/h3-6,9H,2,12H2,1H3/t9-/m0/s1. The average Bonchev–Trinajstić information content (AvgIpc) is 2.17. The SMILES string of the molecule is CC[C@H](N)C(=O)c1ccc(Br)cc1. The number of halogens is 1. The summed E-state index contributed by atoms with van der Waals surface area (Å²) in [5.41, 5.74) is 6.30. The van der Waals surface area contributed by atoms with Crippen LogP contribution in [0.5, 0.6) is 0 Å². The molecule has 1 atom stereocenters. The highest BCUT2D eigenvalue weighted by molar-refractivity contribution is 9.10. The van der Waals surface area contributed by atoms with Gasteiger partial charge in [0.25, 0.3) is 0 Å². The Morgan fingerprint density at radius 2 is 2.00 bits per heavy atom. The highest BCUT2D eigenvalue weighted by Crippen LogP contribution is 2.12. The highest BCUT2D eigenvalue weighted by atomic mass is 79.9. The fourth-order valence-corrected chi connectivity index (χ4v) is 1.28. The maximum atomic E-state index is 11.5. The first kappa shape index (κ1) is 10.4. The number of carbonyl (C=O) groups excluding carboxylic acids is 1. The van der Waals surface area contributed by atoms with E-state index in [9.17, 15) is 4.79 Å². The summed E-state index contributed by atoms with van der Waals surface area (Å²) in [6.07, 6.45) is 0.675. The Labute approximate surface area is 86.3 Å². The largest absolute Gasteiger partial charge is 0.321 e. The molecular formula is C10H12BrNO. The van der Waals surface area contributed by atoms with Gasteiger partial charge in [-0.1, -0.05) is 35.0 Å². The lowest BCUT2D eigenvalue weighted by atomic mass is 10.0. The van der Waals surface area contributed by atoms with Crippen molar-refractivity contribution in [1.29, 1.82) is 0 Å². The molecule has 0 saturated heterocycles. The van der Waals surface area contributed by atoms with Crippen LogP contribution in [0.25, 0.3) is 0 Å². The summed E-state index contributed by atoms with van der Waals surface area (Å²) < 4.78 is 0.967. The summed E-state index contributed by atoms with van der Waals surface area (Å²) in [6.45, 7) is 1.90. The van der Waals surface area contributed by atoms with E-state index >= 15 is 0 Å². The second kappa shape index (κ2) is 4.53. The molecule has 0 heterocycles. The summed E-state index contributed by atoms with van der Waals surface area (Å²) in [5, 5.41) is 0. The monoisotopic (exact) mass is 241 g/mol. The molecule has 2 N–H and O–H groups in total. The summed E-state index contributed by atoms with van der Waals surface area (Å²) in [7, 11) is 0. The summed E-state index contributed by atoms with van der Waals surface area (Å²) in [5.74, 6) is 0.00926. The predicted octanol–water partition coefficient (Wildman–Crippen LogP) is 2.37. The predicted molar refractivity (Wildman–Crippen MR) is 56.7 cm³/mol. The lowest BCUT2D eigenvalue weighted by Gasteiger charge is -2.06.